The van der Waals surface area contributed by atoms with Crippen LogP contribution in [-0.2, 0) is 37.5 Å². The van der Waals surface area contributed by atoms with Crippen LogP contribution in [0.1, 0.15) is 28.3 Å². The molecule has 0 amide bonds. The minimum atomic E-state index is -5.44. The van der Waals surface area contributed by atoms with Crippen LogP contribution in [0.5, 0.6) is 0 Å². The van der Waals surface area contributed by atoms with Gasteiger partial charge in [0.2, 0.25) is 0 Å². The average molecular weight is 456 g/mol. The number of hydrogen-bond donors (Lipinski definition) is 4. The number of anilines is 1. The summed E-state index contributed by atoms with van der Waals surface area (Å²) in [5.41, 5.74) is 7.11. The van der Waals surface area contributed by atoms with Gasteiger partial charge in [-0.2, -0.15) is 4.57 Å². The number of rotatable bonds is 9. The number of nitrogens with zero attached hydrogens (tertiary/aromatic N) is 3. The van der Waals surface area contributed by atoms with Crippen LogP contribution in [0.15, 0.2) is 6.20 Å². The maximum atomic E-state index is 11.5. The molecule has 0 aliphatic rings. The average Bonchev–Trinajstić information content (AvgIpc) is 2.84. The Labute approximate surface area is 165 Å². The van der Waals surface area contributed by atoms with Gasteiger partial charge in [0.15, 0.2) is 12.2 Å². The molecule has 0 aliphatic heterocycles. The van der Waals surface area contributed by atoms with Gasteiger partial charge in [0.25, 0.3) is 12.8 Å². The number of aliphatic hydroxyl groups excluding tert-OH is 1. The summed E-state index contributed by atoms with van der Waals surface area (Å²) in [4.78, 5) is 37.1. The minimum absolute atomic E-state index is 0.0472. The molecule has 0 spiro atoms. The summed E-state index contributed by atoms with van der Waals surface area (Å²) < 4.78 is 39.5. The van der Waals surface area contributed by atoms with E-state index in [-0.39, 0.29) is 23.8 Å². The lowest BCUT2D eigenvalue weighted by atomic mass is 10.2. The highest BCUT2D eigenvalue weighted by Crippen LogP contribution is 2.55. The highest BCUT2D eigenvalue weighted by molar-refractivity contribution is 7.60. The molecule has 156 valence electrons. The quantitative estimate of drug-likeness (QED) is 0.286. The number of aliphatic hydroxyl groups is 1. The van der Waals surface area contributed by atoms with Crippen LogP contribution in [-0.4, -0.2) is 31.5 Å². The zero-order chi connectivity index (χ0) is 22.0. The van der Waals surface area contributed by atoms with E-state index < -0.39 is 28.8 Å². The Balaban J connectivity index is 2.19. The first-order valence-corrected chi connectivity index (χ1v) is 11.5. The third-order valence-electron chi connectivity index (χ3n) is 3.55. The fourth-order valence-electron chi connectivity index (χ4n) is 2.31. The third-order valence-corrected chi connectivity index (χ3v) is 6.99. The van der Waals surface area contributed by atoms with Crippen LogP contribution >= 0.6 is 27.0 Å². The van der Waals surface area contributed by atoms with E-state index in [1.807, 2.05) is 0 Å². The molecule has 0 saturated carbocycles. The van der Waals surface area contributed by atoms with Gasteiger partial charge in [-0.1, -0.05) is 11.3 Å². The van der Waals surface area contributed by atoms with E-state index in [2.05, 4.69) is 18.8 Å². The molecule has 2 rings (SSSR count). The highest BCUT2D eigenvalue weighted by Gasteiger charge is 2.28. The fraction of sp³-hybridized carbons (Fsp3) is 0.462. The predicted octanol–water partition coefficient (Wildman–Crippen LogP) is -0.298. The van der Waals surface area contributed by atoms with Gasteiger partial charge in [0, 0.05) is 19.5 Å². The molecule has 2 aromatic heterocycles. The van der Waals surface area contributed by atoms with Crippen molar-refractivity contribution in [2.75, 3.05) is 12.3 Å². The first-order chi connectivity index (χ1) is 13.3. The smallest absolute Gasteiger partial charge is 0.478 e. The van der Waals surface area contributed by atoms with E-state index in [9.17, 15) is 24.0 Å². The summed E-state index contributed by atoms with van der Waals surface area (Å²) in [7, 11) is -10.4. The van der Waals surface area contributed by atoms with E-state index in [0.717, 1.165) is 11.3 Å². The largest absolute Gasteiger partial charge is 0.756 e. The monoisotopic (exact) mass is 456 g/mol. The number of phosphoric acid groups is 2. The van der Waals surface area contributed by atoms with Crippen LogP contribution in [0.2, 0.25) is 0 Å². The van der Waals surface area contributed by atoms with Crippen LogP contribution in [0.25, 0.3) is 0 Å². The standard InChI is InChI=1S/C13H20N4O8P2S/c1-8-11(3-4-24-27(22,23)25-26(19,20)21)28-12(7-18)17(8)6-10-5-15-9(2)16-13(10)14/h5,18H,3-4,6-7H2,1-2H3,(H4-,14,15,16,19,20,21,22,23)/i7T. The van der Waals surface area contributed by atoms with Crippen LogP contribution in [0.3, 0.4) is 0 Å². The Morgan fingerprint density at radius 3 is 2.68 bits per heavy atom. The van der Waals surface area contributed by atoms with E-state index >= 15 is 0 Å². The number of hydrogen-bond acceptors (Lipinski definition) is 10. The molecule has 3 atom stereocenters. The number of nitrogen functional groups attached to an aromatic ring is 1. The van der Waals surface area contributed by atoms with Crippen molar-refractivity contribution in [3.05, 3.63) is 33.2 Å². The lowest BCUT2D eigenvalue weighted by molar-refractivity contribution is -0.698. The van der Waals surface area contributed by atoms with Gasteiger partial charge in [-0.3, -0.25) is 9.09 Å². The van der Waals surface area contributed by atoms with Crippen molar-refractivity contribution in [2.45, 2.75) is 33.4 Å². The second-order valence-corrected chi connectivity index (χ2v) is 9.49. The molecule has 2 aromatic rings. The zero-order valence-electron chi connectivity index (χ0n) is 15.9. The van der Waals surface area contributed by atoms with Gasteiger partial charge >= 0.3 is 7.82 Å². The Morgan fingerprint density at radius 1 is 1.43 bits per heavy atom. The molecule has 0 radical (unpaired) electrons. The molecule has 12 nitrogen and oxygen atoms in total. The Hall–Kier alpha value is -1.27. The van der Waals surface area contributed by atoms with Crippen molar-refractivity contribution in [2.24, 2.45) is 0 Å². The van der Waals surface area contributed by atoms with Crippen LogP contribution in [0, 0.1) is 13.8 Å². The maximum Gasteiger partial charge on any atom is 0.478 e. The van der Waals surface area contributed by atoms with E-state index in [0.29, 0.717) is 22.0 Å². The summed E-state index contributed by atoms with van der Waals surface area (Å²) in [5, 5.41) is 10.1. The summed E-state index contributed by atoms with van der Waals surface area (Å²) in [6, 6.07) is 0. The Kier molecular flexibility index (Phi) is 6.92. The van der Waals surface area contributed by atoms with Crippen LogP contribution < -0.4 is 15.2 Å². The van der Waals surface area contributed by atoms with Gasteiger partial charge < -0.3 is 25.5 Å². The number of phosphoric ester groups is 1. The SMILES string of the molecule is [3H]C(O)c1sc(CCOP(=O)(O)OP(=O)([O-])O)c(C)[n+]1Cc1cnc(C)nc1N. The lowest BCUT2D eigenvalue weighted by Crippen LogP contribution is -2.40. The second kappa shape index (κ2) is 9.04. The first-order valence-electron chi connectivity index (χ1n) is 8.29. The van der Waals surface area contributed by atoms with E-state index in [1.54, 1.807) is 24.6 Å². The van der Waals surface area contributed by atoms with Crippen molar-refractivity contribution in [1.29, 1.82) is 0 Å². The third kappa shape index (κ3) is 6.38. The summed E-state index contributed by atoms with van der Waals surface area (Å²) in [5.74, 6) is 0.758. The van der Waals surface area contributed by atoms with Crippen LogP contribution in [0.4, 0.5) is 5.82 Å². The lowest BCUT2D eigenvalue weighted by Gasteiger charge is -2.18. The fourth-order valence-corrected chi connectivity index (χ4v) is 4.92. The molecule has 15 heteroatoms. The second-order valence-electron chi connectivity index (χ2n) is 5.59. The van der Waals surface area contributed by atoms with E-state index in [1.165, 1.54) is 0 Å². The minimum Gasteiger partial charge on any atom is -0.756 e. The Morgan fingerprint density at radius 2 is 2.11 bits per heavy atom. The number of aryl methyl sites for hydroxylation is 1. The molecular weight excluding hydrogens is 434 g/mol. The molecule has 0 aromatic carbocycles. The maximum absolute atomic E-state index is 11.5. The zero-order valence-corrected chi connectivity index (χ0v) is 17.5. The first kappa shape index (κ1) is 21.4. The number of nitrogens with two attached hydrogens (primary N) is 1. The highest BCUT2D eigenvalue weighted by atomic mass is 32.1. The van der Waals surface area contributed by atoms with Gasteiger partial charge in [0.05, 0.1) is 18.4 Å². The molecule has 0 bridgehead atoms. The number of aromatic nitrogens is 3. The van der Waals surface area contributed by atoms with Crippen molar-refractivity contribution < 1.29 is 43.7 Å². The Bertz CT molecular complexity index is 982. The van der Waals surface area contributed by atoms with Crippen molar-refractivity contribution in [3.8, 4) is 0 Å². The molecule has 0 saturated heterocycles. The topological polar surface area (TPSA) is 192 Å². The molecule has 5 N–H and O–H groups in total. The van der Waals surface area contributed by atoms with E-state index in [4.69, 9.17) is 12.0 Å². The van der Waals surface area contributed by atoms with Crippen molar-refractivity contribution in [3.63, 3.8) is 0 Å². The van der Waals surface area contributed by atoms with Gasteiger partial charge in [-0.15, -0.1) is 0 Å². The van der Waals surface area contributed by atoms with Crippen molar-refractivity contribution >= 4 is 32.8 Å². The van der Waals surface area contributed by atoms with Gasteiger partial charge in [0.1, 0.15) is 18.2 Å². The molecule has 2 heterocycles. The molecular formula is C13H20N4O8P2S. The molecule has 28 heavy (non-hydrogen) atoms. The predicted molar refractivity (Wildman–Crippen MR) is 95.8 cm³/mol. The number of thiazole rings is 1. The van der Waals surface area contributed by atoms with Gasteiger partial charge in [-0.05, 0) is 6.92 Å². The summed E-state index contributed by atoms with van der Waals surface area (Å²) in [6.07, 6.45) is 1.59. The molecule has 0 aliphatic carbocycles. The summed E-state index contributed by atoms with van der Waals surface area (Å²) in [6.45, 7) is 1.61. The van der Waals surface area contributed by atoms with Gasteiger partial charge in [-0.25, -0.2) is 18.8 Å². The normalized spacial score (nSPS) is 17.6. The summed E-state index contributed by atoms with van der Waals surface area (Å²) >= 11 is 1.07. The molecule has 3 unspecified atom stereocenters. The van der Waals surface area contributed by atoms with Crippen molar-refractivity contribution in [1.82, 2.24) is 9.97 Å². The molecule has 0 fully saturated rings.